The van der Waals surface area contributed by atoms with E-state index < -0.39 is 6.10 Å². The Morgan fingerprint density at radius 3 is 2.88 bits per heavy atom. The molecule has 0 bridgehead atoms. The second-order valence-corrected chi connectivity index (χ2v) is 3.88. The Labute approximate surface area is 100 Å². The van der Waals surface area contributed by atoms with Gasteiger partial charge >= 0.3 is 0 Å². The van der Waals surface area contributed by atoms with Crippen molar-refractivity contribution in [3.8, 4) is 11.8 Å². The maximum absolute atomic E-state index is 9.35. The van der Waals surface area contributed by atoms with Gasteiger partial charge in [-0.15, -0.1) is 0 Å². The van der Waals surface area contributed by atoms with Gasteiger partial charge in [-0.05, 0) is 31.0 Å². The van der Waals surface area contributed by atoms with Gasteiger partial charge < -0.3 is 9.84 Å². The molecule has 0 saturated carbocycles. The number of unbranched alkanes of at least 4 members (excludes halogenated alkanes) is 1. The lowest BCUT2D eigenvalue weighted by Gasteiger charge is -2.10. The maximum atomic E-state index is 9.35. The predicted octanol–water partition coefficient (Wildman–Crippen LogP) is 3.08. The highest BCUT2D eigenvalue weighted by Gasteiger charge is 2.06. The molecule has 1 aromatic carbocycles. The average molecular weight is 240 g/mol. The Kier molecular flexibility index (Phi) is 5.10. The van der Waals surface area contributed by atoms with E-state index in [2.05, 4.69) is 0 Å². The fourth-order valence-corrected chi connectivity index (χ4v) is 1.47. The van der Waals surface area contributed by atoms with Gasteiger partial charge in [-0.2, -0.15) is 5.26 Å². The van der Waals surface area contributed by atoms with Gasteiger partial charge in [0.05, 0.1) is 23.8 Å². The molecule has 1 aromatic rings. The zero-order valence-electron chi connectivity index (χ0n) is 9.11. The Balaban J connectivity index is 2.58. The molecule has 3 nitrogen and oxygen atoms in total. The molecule has 4 heteroatoms. The van der Waals surface area contributed by atoms with Crippen molar-refractivity contribution >= 4 is 11.6 Å². The maximum Gasteiger partial charge on any atom is 0.137 e. The summed E-state index contributed by atoms with van der Waals surface area (Å²) in [6.45, 7) is 2.15. The number of ether oxygens (including phenoxy) is 1. The number of nitrogens with zero attached hydrogens (tertiary/aromatic N) is 1. The van der Waals surface area contributed by atoms with Crippen LogP contribution in [0.15, 0.2) is 18.2 Å². The molecule has 86 valence electrons. The molecule has 0 saturated heterocycles. The minimum absolute atomic E-state index is 0.474. The molecule has 1 unspecified atom stereocenters. The highest BCUT2D eigenvalue weighted by Crippen LogP contribution is 2.27. The van der Waals surface area contributed by atoms with E-state index in [0.717, 1.165) is 5.56 Å². The summed E-state index contributed by atoms with van der Waals surface area (Å²) in [6.07, 6.45) is 0.624. The van der Waals surface area contributed by atoms with E-state index in [0.29, 0.717) is 30.2 Å². The van der Waals surface area contributed by atoms with Gasteiger partial charge in [0.15, 0.2) is 0 Å². The highest BCUT2D eigenvalue weighted by atomic mass is 35.5. The molecule has 0 radical (unpaired) electrons. The number of rotatable bonds is 5. The van der Waals surface area contributed by atoms with E-state index in [9.17, 15) is 5.11 Å². The van der Waals surface area contributed by atoms with Crippen LogP contribution in [0.25, 0.3) is 0 Å². The number of aliphatic hydroxyl groups excluding tert-OH is 1. The van der Waals surface area contributed by atoms with Gasteiger partial charge in [0.1, 0.15) is 5.75 Å². The van der Waals surface area contributed by atoms with Crippen LogP contribution in [-0.2, 0) is 0 Å². The monoisotopic (exact) mass is 239 g/mol. The minimum atomic E-state index is -0.537. The highest BCUT2D eigenvalue weighted by molar-refractivity contribution is 6.32. The molecule has 0 aliphatic rings. The van der Waals surface area contributed by atoms with Crippen LogP contribution in [0.3, 0.4) is 0 Å². The second kappa shape index (κ2) is 6.37. The summed E-state index contributed by atoms with van der Waals surface area (Å²) in [6, 6.07) is 7.24. The lowest BCUT2D eigenvalue weighted by atomic mass is 10.1. The largest absolute Gasteiger partial charge is 0.492 e. The van der Waals surface area contributed by atoms with E-state index in [1.807, 2.05) is 6.07 Å². The number of aliphatic hydroxyl groups is 1. The Bertz CT molecular complexity index is 385. The van der Waals surface area contributed by atoms with Crippen LogP contribution in [0.4, 0.5) is 0 Å². The smallest absolute Gasteiger partial charge is 0.137 e. The third-order valence-electron chi connectivity index (χ3n) is 2.13. The van der Waals surface area contributed by atoms with Gasteiger partial charge in [0.2, 0.25) is 0 Å². The summed E-state index contributed by atoms with van der Waals surface area (Å²) >= 11 is 5.99. The van der Waals surface area contributed by atoms with Crippen molar-refractivity contribution < 1.29 is 9.84 Å². The first-order valence-electron chi connectivity index (χ1n) is 5.12. The summed E-state index contributed by atoms with van der Waals surface area (Å²) in [5.74, 6) is 0.587. The SMILES string of the molecule is CC(O)c1ccc(OCCCC#N)c(Cl)c1. The quantitative estimate of drug-likeness (QED) is 0.804. The van der Waals surface area contributed by atoms with E-state index in [4.69, 9.17) is 21.6 Å². The van der Waals surface area contributed by atoms with Crippen molar-refractivity contribution in [2.75, 3.05) is 6.61 Å². The summed E-state index contributed by atoms with van der Waals surface area (Å²) in [5.41, 5.74) is 0.759. The van der Waals surface area contributed by atoms with Crippen molar-refractivity contribution in [3.63, 3.8) is 0 Å². The molecule has 1 atom stereocenters. The van der Waals surface area contributed by atoms with E-state index >= 15 is 0 Å². The summed E-state index contributed by atoms with van der Waals surface area (Å²) < 4.78 is 5.41. The van der Waals surface area contributed by atoms with Gasteiger partial charge in [0, 0.05) is 6.42 Å². The van der Waals surface area contributed by atoms with Crippen molar-refractivity contribution in [2.24, 2.45) is 0 Å². The first-order valence-corrected chi connectivity index (χ1v) is 5.50. The van der Waals surface area contributed by atoms with Gasteiger partial charge in [-0.1, -0.05) is 17.7 Å². The van der Waals surface area contributed by atoms with E-state index in [-0.39, 0.29) is 0 Å². The predicted molar refractivity (Wildman–Crippen MR) is 62.4 cm³/mol. The van der Waals surface area contributed by atoms with Crippen molar-refractivity contribution in [3.05, 3.63) is 28.8 Å². The lowest BCUT2D eigenvalue weighted by Crippen LogP contribution is -1.98. The molecule has 0 aliphatic heterocycles. The van der Waals surface area contributed by atoms with Crippen molar-refractivity contribution in [1.82, 2.24) is 0 Å². The van der Waals surface area contributed by atoms with Crippen LogP contribution in [0.2, 0.25) is 5.02 Å². The van der Waals surface area contributed by atoms with Crippen LogP contribution in [0.1, 0.15) is 31.4 Å². The molecule has 1 N–H and O–H groups in total. The van der Waals surface area contributed by atoms with Gasteiger partial charge in [0.25, 0.3) is 0 Å². The molecule has 0 amide bonds. The standard InChI is InChI=1S/C12H14ClNO2/c1-9(15)10-4-5-12(11(13)8-10)16-7-3-2-6-14/h4-5,8-9,15H,2-3,7H2,1H3. The van der Waals surface area contributed by atoms with Gasteiger partial charge in [-0.3, -0.25) is 0 Å². The minimum Gasteiger partial charge on any atom is -0.492 e. The van der Waals surface area contributed by atoms with Crippen molar-refractivity contribution in [1.29, 1.82) is 5.26 Å². The number of hydrogen-bond acceptors (Lipinski definition) is 3. The van der Waals surface area contributed by atoms with Crippen LogP contribution in [0.5, 0.6) is 5.75 Å². The van der Waals surface area contributed by atoms with Crippen molar-refractivity contribution in [2.45, 2.75) is 25.9 Å². The fourth-order valence-electron chi connectivity index (χ4n) is 1.23. The Morgan fingerprint density at radius 2 is 2.31 bits per heavy atom. The van der Waals surface area contributed by atoms with Crippen LogP contribution in [-0.4, -0.2) is 11.7 Å². The van der Waals surface area contributed by atoms with Crippen LogP contribution in [0, 0.1) is 11.3 Å². The molecule has 16 heavy (non-hydrogen) atoms. The molecular formula is C12H14ClNO2. The third kappa shape index (κ3) is 3.73. The normalized spacial score (nSPS) is 11.9. The third-order valence-corrected chi connectivity index (χ3v) is 2.42. The van der Waals surface area contributed by atoms with Crippen LogP contribution < -0.4 is 4.74 Å². The average Bonchev–Trinajstić information content (AvgIpc) is 2.26. The molecule has 1 rings (SSSR count). The Morgan fingerprint density at radius 1 is 1.56 bits per heavy atom. The van der Waals surface area contributed by atoms with Gasteiger partial charge in [-0.25, -0.2) is 0 Å². The number of benzene rings is 1. The summed E-state index contributed by atoms with van der Waals surface area (Å²) in [7, 11) is 0. The molecule has 0 spiro atoms. The second-order valence-electron chi connectivity index (χ2n) is 3.48. The first-order chi connectivity index (χ1) is 7.65. The van der Waals surface area contributed by atoms with E-state index in [1.165, 1.54) is 0 Å². The molecule has 0 fully saturated rings. The molecule has 0 heterocycles. The molecular weight excluding hydrogens is 226 g/mol. The number of halogens is 1. The zero-order valence-corrected chi connectivity index (χ0v) is 9.87. The van der Waals surface area contributed by atoms with Crippen LogP contribution >= 0.6 is 11.6 Å². The summed E-state index contributed by atoms with van der Waals surface area (Å²) in [4.78, 5) is 0. The topological polar surface area (TPSA) is 53.2 Å². The molecule has 0 aliphatic carbocycles. The molecule has 0 aromatic heterocycles. The first kappa shape index (κ1) is 12.8. The summed E-state index contributed by atoms with van der Waals surface area (Å²) in [5, 5.41) is 18.2. The number of hydrogen-bond donors (Lipinski definition) is 1. The number of nitriles is 1. The zero-order chi connectivity index (χ0) is 12.0. The Hall–Kier alpha value is -1.24. The van der Waals surface area contributed by atoms with E-state index in [1.54, 1.807) is 25.1 Å². The fraction of sp³-hybridized carbons (Fsp3) is 0.417. The lowest BCUT2D eigenvalue weighted by molar-refractivity contribution is 0.199.